The van der Waals surface area contributed by atoms with Crippen molar-refractivity contribution >= 4 is 11.8 Å². The first-order chi connectivity index (χ1) is 7.69. The van der Waals surface area contributed by atoms with Crippen molar-refractivity contribution in [3.63, 3.8) is 0 Å². The molecule has 1 aliphatic rings. The van der Waals surface area contributed by atoms with Gasteiger partial charge in [0, 0.05) is 6.54 Å². The number of carbonyl (C=O) groups excluding carboxylic acids is 2. The van der Waals surface area contributed by atoms with Crippen LogP contribution in [-0.2, 0) is 14.3 Å². The van der Waals surface area contributed by atoms with Crippen LogP contribution in [0.5, 0.6) is 0 Å². The molecule has 3 N–H and O–H groups in total. The number of nitrogens with two attached hydrogens (primary N) is 1. The number of hydrogen-bond donors (Lipinski definition) is 2. The number of amides is 2. The van der Waals surface area contributed by atoms with Gasteiger partial charge in [0.15, 0.2) is 0 Å². The molecule has 1 saturated carbocycles. The normalized spacial score (nSPS) is 20.9. The van der Waals surface area contributed by atoms with Gasteiger partial charge in [-0.2, -0.15) is 0 Å². The molecule has 0 bridgehead atoms. The van der Waals surface area contributed by atoms with Gasteiger partial charge in [0.25, 0.3) is 0 Å². The summed E-state index contributed by atoms with van der Waals surface area (Å²) in [5, 5.41) is 2.81. The lowest BCUT2D eigenvalue weighted by Gasteiger charge is -2.06. The Morgan fingerprint density at radius 2 is 1.71 bits per heavy atom. The Bertz CT molecular complexity index is 310. The lowest BCUT2D eigenvalue weighted by atomic mass is 10.0. The van der Waals surface area contributed by atoms with Gasteiger partial charge in [-0.05, 0) is 16.7 Å². The van der Waals surface area contributed by atoms with Crippen LogP contribution >= 0.6 is 0 Å². The summed E-state index contributed by atoms with van der Waals surface area (Å²) in [4.78, 5) is 21.8. The largest absolute Gasteiger partial charge is 0.368 e. The minimum Gasteiger partial charge on any atom is -0.368 e. The average molecular weight is 242 g/mol. The first kappa shape index (κ1) is 14.0. The minimum absolute atomic E-state index is 0.115. The summed E-state index contributed by atoms with van der Waals surface area (Å²) in [6, 6.07) is 0. The lowest BCUT2D eigenvalue weighted by Crippen LogP contribution is -2.32. The molecule has 0 aliphatic heterocycles. The SMILES string of the molecule is CC1(C)C(CNC(=O)COCC(N)=O)C1(C)C. The fourth-order valence-electron chi connectivity index (χ4n) is 2.35. The van der Waals surface area contributed by atoms with Crippen molar-refractivity contribution in [1.29, 1.82) is 0 Å². The molecule has 0 heterocycles. The molecule has 17 heavy (non-hydrogen) atoms. The summed E-state index contributed by atoms with van der Waals surface area (Å²) in [7, 11) is 0. The first-order valence-corrected chi connectivity index (χ1v) is 5.82. The summed E-state index contributed by atoms with van der Waals surface area (Å²) in [6.07, 6.45) is 0. The second kappa shape index (κ2) is 4.64. The first-order valence-electron chi connectivity index (χ1n) is 5.82. The van der Waals surface area contributed by atoms with Crippen molar-refractivity contribution in [3.05, 3.63) is 0 Å². The van der Waals surface area contributed by atoms with Crippen LogP contribution in [0.4, 0.5) is 0 Å². The third kappa shape index (κ3) is 2.97. The predicted molar refractivity (Wildman–Crippen MR) is 64.1 cm³/mol. The van der Waals surface area contributed by atoms with E-state index in [9.17, 15) is 9.59 Å². The van der Waals surface area contributed by atoms with Crippen LogP contribution in [0.25, 0.3) is 0 Å². The van der Waals surface area contributed by atoms with Crippen molar-refractivity contribution in [2.75, 3.05) is 19.8 Å². The maximum absolute atomic E-state index is 11.4. The molecule has 0 spiro atoms. The van der Waals surface area contributed by atoms with Crippen molar-refractivity contribution in [3.8, 4) is 0 Å². The van der Waals surface area contributed by atoms with Crippen LogP contribution in [0.2, 0.25) is 0 Å². The van der Waals surface area contributed by atoms with Gasteiger partial charge in [-0.3, -0.25) is 9.59 Å². The Balaban J connectivity index is 2.20. The average Bonchev–Trinajstić information content (AvgIpc) is 2.54. The predicted octanol–water partition coefficient (Wildman–Crippen LogP) is 0.287. The van der Waals surface area contributed by atoms with Gasteiger partial charge in [0.2, 0.25) is 11.8 Å². The third-order valence-corrected chi connectivity index (χ3v) is 4.30. The molecular formula is C12H22N2O3. The van der Waals surface area contributed by atoms with E-state index in [4.69, 9.17) is 10.5 Å². The van der Waals surface area contributed by atoms with E-state index in [2.05, 4.69) is 33.0 Å². The van der Waals surface area contributed by atoms with E-state index in [-0.39, 0.29) is 30.0 Å². The number of hydrogen-bond acceptors (Lipinski definition) is 3. The Labute approximate surface area is 102 Å². The minimum atomic E-state index is -0.567. The van der Waals surface area contributed by atoms with Crippen molar-refractivity contribution < 1.29 is 14.3 Å². The highest BCUT2D eigenvalue weighted by atomic mass is 16.5. The molecule has 1 rings (SSSR count). The molecule has 1 fully saturated rings. The zero-order chi connectivity index (χ0) is 13.3. The highest BCUT2D eigenvalue weighted by molar-refractivity contribution is 5.78. The monoisotopic (exact) mass is 242 g/mol. The fraction of sp³-hybridized carbons (Fsp3) is 0.833. The van der Waals surface area contributed by atoms with Crippen LogP contribution < -0.4 is 11.1 Å². The standard InChI is InChI=1S/C12H22N2O3/c1-11(2)8(12(11,3)4)5-14-10(16)7-17-6-9(13)15/h8H,5-7H2,1-4H3,(H2,13,15)(H,14,16). The van der Waals surface area contributed by atoms with Crippen molar-refractivity contribution in [1.82, 2.24) is 5.32 Å². The zero-order valence-corrected chi connectivity index (χ0v) is 11.0. The molecule has 98 valence electrons. The lowest BCUT2D eigenvalue weighted by molar-refractivity contribution is -0.129. The highest BCUT2D eigenvalue weighted by Crippen LogP contribution is 2.67. The quantitative estimate of drug-likeness (QED) is 0.702. The molecule has 5 heteroatoms. The van der Waals surface area contributed by atoms with Gasteiger partial charge in [0.05, 0.1) is 0 Å². The summed E-state index contributed by atoms with van der Waals surface area (Å²) >= 11 is 0. The molecular weight excluding hydrogens is 220 g/mol. The van der Waals surface area contributed by atoms with Crippen LogP contribution in [-0.4, -0.2) is 31.6 Å². The molecule has 0 aromatic carbocycles. The molecule has 0 radical (unpaired) electrons. The van der Waals surface area contributed by atoms with E-state index in [0.717, 1.165) is 0 Å². The van der Waals surface area contributed by atoms with E-state index in [0.29, 0.717) is 12.5 Å². The van der Waals surface area contributed by atoms with E-state index >= 15 is 0 Å². The molecule has 0 aromatic rings. The Morgan fingerprint density at radius 1 is 1.18 bits per heavy atom. The summed E-state index contributed by atoms with van der Waals surface area (Å²) in [5.41, 5.74) is 5.40. The van der Waals surface area contributed by atoms with Gasteiger partial charge in [-0.15, -0.1) is 0 Å². The number of primary amides is 1. The third-order valence-electron chi connectivity index (χ3n) is 4.30. The van der Waals surface area contributed by atoms with Gasteiger partial charge in [-0.25, -0.2) is 0 Å². The van der Waals surface area contributed by atoms with E-state index in [1.165, 1.54) is 0 Å². The topological polar surface area (TPSA) is 81.4 Å². The molecule has 5 nitrogen and oxygen atoms in total. The van der Waals surface area contributed by atoms with Crippen molar-refractivity contribution in [2.24, 2.45) is 22.5 Å². The number of rotatable bonds is 6. The molecule has 0 atom stereocenters. The van der Waals surface area contributed by atoms with Crippen molar-refractivity contribution in [2.45, 2.75) is 27.7 Å². The van der Waals surface area contributed by atoms with Gasteiger partial charge >= 0.3 is 0 Å². The second-order valence-electron chi connectivity index (χ2n) is 5.76. The Hall–Kier alpha value is -1.10. The second-order valence-corrected chi connectivity index (χ2v) is 5.76. The van der Waals surface area contributed by atoms with Gasteiger partial charge in [0.1, 0.15) is 13.2 Å². The van der Waals surface area contributed by atoms with E-state index in [1.54, 1.807) is 0 Å². The fourth-order valence-corrected chi connectivity index (χ4v) is 2.35. The van der Waals surface area contributed by atoms with Crippen LogP contribution in [0.1, 0.15) is 27.7 Å². The summed E-state index contributed by atoms with van der Waals surface area (Å²) in [5.74, 6) is -0.290. The number of nitrogens with one attached hydrogen (secondary N) is 1. The Morgan fingerprint density at radius 3 is 2.12 bits per heavy atom. The van der Waals surface area contributed by atoms with Crippen LogP contribution in [0.3, 0.4) is 0 Å². The number of ether oxygens (including phenoxy) is 1. The maximum Gasteiger partial charge on any atom is 0.246 e. The number of carbonyl (C=O) groups is 2. The molecule has 0 unspecified atom stereocenters. The molecule has 1 aliphatic carbocycles. The molecule has 0 aromatic heterocycles. The van der Waals surface area contributed by atoms with Crippen LogP contribution in [0.15, 0.2) is 0 Å². The van der Waals surface area contributed by atoms with Gasteiger partial charge < -0.3 is 15.8 Å². The Kier molecular flexibility index (Phi) is 3.81. The van der Waals surface area contributed by atoms with E-state index < -0.39 is 5.91 Å². The van der Waals surface area contributed by atoms with E-state index in [1.807, 2.05) is 0 Å². The van der Waals surface area contributed by atoms with Gasteiger partial charge in [-0.1, -0.05) is 27.7 Å². The molecule has 0 saturated heterocycles. The highest BCUT2D eigenvalue weighted by Gasteiger charge is 2.64. The summed E-state index contributed by atoms with van der Waals surface area (Å²) in [6.45, 7) is 9.13. The van der Waals surface area contributed by atoms with Crippen LogP contribution in [0, 0.1) is 16.7 Å². The zero-order valence-electron chi connectivity index (χ0n) is 11.0. The maximum atomic E-state index is 11.4. The smallest absolute Gasteiger partial charge is 0.246 e. The molecule has 2 amide bonds. The summed E-state index contributed by atoms with van der Waals surface area (Å²) < 4.78 is 4.83.